The second kappa shape index (κ2) is 9.14. The minimum absolute atomic E-state index is 0.258. The monoisotopic (exact) mass is 490 g/mol. The number of nitrogens with one attached hydrogen (secondary N) is 1. The lowest BCUT2D eigenvalue weighted by molar-refractivity contribution is 0.0952. The van der Waals surface area contributed by atoms with E-state index in [0.29, 0.717) is 60.9 Å². The number of carbonyl (C=O) groups excluding carboxylic acids is 1. The number of anilines is 1. The molecule has 2 aliphatic rings. The molecule has 184 valence electrons. The van der Waals surface area contributed by atoms with Gasteiger partial charge in [-0.15, -0.1) is 0 Å². The summed E-state index contributed by atoms with van der Waals surface area (Å²) >= 11 is 0. The molecule has 0 aliphatic carbocycles. The molecule has 7 nitrogen and oxygen atoms in total. The third-order valence-electron chi connectivity index (χ3n) is 6.71. The maximum absolute atomic E-state index is 14.5. The van der Waals surface area contributed by atoms with Crippen LogP contribution in [0.25, 0.3) is 5.52 Å². The Hall–Kier alpha value is -4.14. The van der Waals surface area contributed by atoms with Gasteiger partial charge in [0.1, 0.15) is 24.8 Å². The lowest BCUT2D eigenvalue weighted by Crippen LogP contribution is -2.24. The summed E-state index contributed by atoms with van der Waals surface area (Å²) in [7, 11) is 0. The summed E-state index contributed by atoms with van der Waals surface area (Å²) in [6.45, 7) is 2.04. The van der Waals surface area contributed by atoms with Crippen molar-refractivity contribution in [1.82, 2.24) is 14.9 Å². The topological polar surface area (TPSA) is 68.1 Å². The molecule has 6 rings (SSSR count). The van der Waals surface area contributed by atoms with Gasteiger partial charge in [-0.05, 0) is 60.9 Å². The van der Waals surface area contributed by atoms with Crippen LogP contribution >= 0.6 is 0 Å². The van der Waals surface area contributed by atoms with Gasteiger partial charge in [-0.2, -0.15) is 5.10 Å². The average molecular weight is 491 g/mol. The van der Waals surface area contributed by atoms with Gasteiger partial charge in [0.2, 0.25) is 0 Å². The van der Waals surface area contributed by atoms with Crippen LogP contribution in [0.4, 0.5) is 14.5 Å². The zero-order valence-corrected chi connectivity index (χ0v) is 19.4. The Kier molecular flexibility index (Phi) is 5.67. The normalized spacial score (nSPS) is 16.9. The summed E-state index contributed by atoms with van der Waals surface area (Å²) in [5, 5.41) is 7.26. The van der Waals surface area contributed by atoms with Gasteiger partial charge in [0.05, 0.1) is 23.3 Å². The molecular formula is C27H24F2N4O3. The highest BCUT2D eigenvalue weighted by molar-refractivity contribution is 6.01. The highest BCUT2D eigenvalue weighted by Crippen LogP contribution is 2.38. The molecule has 1 amide bonds. The van der Waals surface area contributed by atoms with Gasteiger partial charge in [0.15, 0.2) is 11.5 Å². The van der Waals surface area contributed by atoms with Crippen LogP contribution in [0.1, 0.15) is 40.4 Å². The third-order valence-corrected chi connectivity index (χ3v) is 6.71. The van der Waals surface area contributed by atoms with E-state index in [9.17, 15) is 13.6 Å². The second-order valence-electron chi connectivity index (χ2n) is 8.95. The number of aromatic nitrogens is 2. The number of amides is 1. The van der Waals surface area contributed by atoms with Gasteiger partial charge in [0.25, 0.3) is 5.91 Å². The Labute approximate surface area is 206 Å². The summed E-state index contributed by atoms with van der Waals surface area (Å²) in [5.74, 6) is 0.235. The fraction of sp³-hybridized carbons (Fsp3) is 0.259. The number of benzene rings is 2. The van der Waals surface area contributed by atoms with Crippen LogP contribution in [0.15, 0.2) is 60.9 Å². The van der Waals surface area contributed by atoms with Crippen LogP contribution in [0.2, 0.25) is 0 Å². The van der Waals surface area contributed by atoms with Crippen molar-refractivity contribution in [3.63, 3.8) is 0 Å². The van der Waals surface area contributed by atoms with Crippen molar-refractivity contribution < 1.29 is 23.0 Å². The fourth-order valence-electron chi connectivity index (χ4n) is 4.97. The van der Waals surface area contributed by atoms with E-state index in [4.69, 9.17) is 9.47 Å². The predicted molar refractivity (Wildman–Crippen MR) is 129 cm³/mol. The van der Waals surface area contributed by atoms with Crippen molar-refractivity contribution in [3.8, 4) is 11.5 Å². The molecule has 1 saturated heterocycles. The van der Waals surface area contributed by atoms with Gasteiger partial charge in [0, 0.05) is 30.5 Å². The van der Waals surface area contributed by atoms with Crippen molar-refractivity contribution in [2.75, 3.05) is 24.7 Å². The summed E-state index contributed by atoms with van der Waals surface area (Å²) in [4.78, 5) is 15.1. The fourth-order valence-corrected chi connectivity index (χ4v) is 4.97. The van der Waals surface area contributed by atoms with Gasteiger partial charge in [-0.25, -0.2) is 13.3 Å². The molecule has 9 heteroatoms. The van der Waals surface area contributed by atoms with E-state index < -0.39 is 11.6 Å². The largest absolute Gasteiger partial charge is 0.486 e. The van der Waals surface area contributed by atoms with Crippen molar-refractivity contribution in [2.45, 2.75) is 25.4 Å². The molecule has 2 aliphatic heterocycles. The molecule has 0 spiro atoms. The molecule has 1 atom stereocenters. The van der Waals surface area contributed by atoms with Crippen LogP contribution in [-0.2, 0) is 6.54 Å². The summed E-state index contributed by atoms with van der Waals surface area (Å²) < 4.78 is 41.2. The van der Waals surface area contributed by atoms with Gasteiger partial charge >= 0.3 is 0 Å². The van der Waals surface area contributed by atoms with Crippen molar-refractivity contribution in [2.24, 2.45) is 0 Å². The number of ether oxygens (including phenoxy) is 2. The SMILES string of the molecule is O=C(NCc1ccc2c(c1)OCCO2)c1cnn2ccc(N3CCC[C@@H]3c3cc(F)ccc3F)cc12. The van der Waals surface area contributed by atoms with Crippen LogP contribution in [0.3, 0.4) is 0 Å². The number of fused-ring (bicyclic) bond motifs is 2. The molecule has 4 aromatic rings. The number of hydrogen-bond acceptors (Lipinski definition) is 5. The Morgan fingerprint density at radius 2 is 1.92 bits per heavy atom. The second-order valence-corrected chi connectivity index (χ2v) is 8.95. The maximum atomic E-state index is 14.5. The highest BCUT2D eigenvalue weighted by atomic mass is 19.1. The van der Waals surface area contributed by atoms with E-state index >= 15 is 0 Å². The van der Waals surface area contributed by atoms with Crippen molar-refractivity contribution in [3.05, 3.63) is 89.2 Å². The molecular weight excluding hydrogens is 466 g/mol. The Bertz CT molecular complexity index is 1450. The first-order valence-electron chi connectivity index (χ1n) is 11.9. The predicted octanol–water partition coefficient (Wildman–Crippen LogP) is 4.66. The third kappa shape index (κ3) is 4.10. The van der Waals surface area contributed by atoms with Crippen molar-refractivity contribution >= 4 is 17.1 Å². The van der Waals surface area contributed by atoms with Gasteiger partial charge < -0.3 is 19.7 Å². The molecule has 4 heterocycles. The molecule has 2 aromatic carbocycles. The molecule has 0 saturated carbocycles. The average Bonchev–Trinajstić information content (AvgIpc) is 3.55. The highest BCUT2D eigenvalue weighted by Gasteiger charge is 2.29. The van der Waals surface area contributed by atoms with E-state index in [1.807, 2.05) is 30.3 Å². The van der Waals surface area contributed by atoms with Crippen LogP contribution < -0.4 is 19.7 Å². The minimum Gasteiger partial charge on any atom is -0.486 e. The van der Waals surface area contributed by atoms with Gasteiger partial charge in [-0.1, -0.05) is 6.07 Å². The first-order chi connectivity index (χ1) is 17.6. The first-order valence-corrected chi connectivity index (χ1v) is 11.9. The van der Waals surface area contributed by atoms with Crippen LogP contribution in [0, 0.1) is 11.6 Å². The van der Waals surface area contributed by atoms with Gasteiger partial charge in [-0.3, -0.25) is 4.79 Å². The van der Waals surface area contributed by atoms with Crippen molar-refractivity contribution in [1.29, 1.82) is 0 Å². The zero-order valence-electron chi connectivity index (χ0n) is 19.4. The Morgan fingerprint density at radius 3 is 2.81 bits per heavy atom. The molecule has 0 bridgehead atoms. The molecule has 1 N–H and O–H groups in total. The van der Waals surface area contributed by atoms with Crippen LogP contribution in [-0.4, -0.2) is 35.3 Å². The quantitative estimate of drug-likeness (QED) is 0.441. The standard InChI is InChI=1S/C27H24F2N4O3/c28-18-4-5-22(29)20(13-18)23-2-1-8-32(23)19-7-9-33-24(14-19)21(16-31-33)27(34)30-15-17-3-6-25-26(12-17)36-11-10-35-25/h3-7,9,12-14,16,23H,1-2,8,10-11,15H2,(H,30,34)/t23-/m1/s1. The first kappa shape index (κ1) is 22.3. The number of nitrogens with zero attached hydrogens (tertiary/aromatic N) is 3. The number of rotatable bonds is 5. The Balaban J connectivity index is 1.23. The Morgan fingerprint density at radius 1 is 1.06 bits per heavy atom. The lowest BCUT2D eigenvalue weighted by atomic mass is 10.0. The van der Waals surface area contributed by atoms with E-state index in [1.54, 1.807) is 10.7 Å². The van der Waals surface area contributed by atoms with E-state index in [2.05, 4.69) is 15.3 Å². The minimum atomic E-state index is -0.457. The summed E-state index contributed by atoms with van der Waals surface area (Å²) in [5.41, 5.74) is 3.13. The van der Waals surface area contributed by atoms with E-state index in [-0.39, 0.29) is 11.9 Å². The van der Waals surface area contributed by atoms with E-state index in [0.717, 1.165) is 23.7 Å². The summed E-state index contributed by atoms with van der Waals surface area (Å²) in [6.07, 6.45) is 4.88. The molecule has 36 heavy (non-hydrogen) atoms. The zero-order chi connectivity index (χ0) is 24.6. The molecule has 2 aromatic heterocycles. The molecule has 0 radical (unpaired) electrons. The van der Waals surface area contributed by atoms with Crippen LogP contribution in [0.5, 0.6) is 11.5 Å². The number of pyridine rings is 1. The molecule has 1 fully saturated rings. The number of hydrogen-bond donors (Lipinski definition) is 1. The maximum Gasteiger partial charge on any atom is 0.255 e. The summed E-state index contributed by atoms with van der Waals surface area (Å²) in [6, 6.07) is 12.6. The smallest absolute Gasteiger partial charge is 0.255 e. The number of carbonyl (C=O) groups is 1. The molecule has 0 unspecified atom stereocenters. The number of halogens is 2. The van der Waals surface area contributed by atoms with E-state index in [1.165, 1.54) is 18.3 Å². The lowest BCUT2D eigenvalue weighted by Gasteiger charge is -2.27.